The van der Waals surface area contributed by atoms with Crippen LogP contribution in [-0.2, 0) is 4.79 Å². The Hall–Kier alpha value is -1.26. The minimum atomic E-state index is -0.0595. The molecule has 1 aliphatic rings. The maximum absolute atomic E-state index is 11.4. The molecule has 2 N–H and O–H groups in total. The molecule has 17 heavy (non-hydrogen) atoms. The molecule has 1 saturated heterocycles. The SMILES string of the molecule is Cl.O=C(COc1ccccc1)NCC1CNC1. The van der Waals surface area contributed by atoms with Crippen LogP contribution in [-0.4, -0.2) is 32.1 Å². The third-order valence-corrected chi connectivity index (χ3v) is 2.57. The zero-order chi connectivity index (χ0) is 11.2. The number of para-hydroxylation sites is 1. The number of nitrogens with one attached hydrogen (secondary N) is 2. The summed E-state index contributed by atoms with van der Waals surface area (Å²) in [6, 6.07) is 9.35. The molecule has 0 bridgehead atoms. The van der Waals surface area contributed by atoms with E-state index < -0.39 is 0 Å². The Bertz CT molecular complexity index is 342. The monoisotopic (exact) mass is 256 g/mol. The number of hydrogen-bond donors (Lipinski definition) is 2. The lowest BCUT2D eigenvalue weighted by Crippen LogP contribution is -2.48. The van der Waals surface area contributed by atoms with E-state index in [2.05, 4.69) is 10.6 Å². The van der Waals surface area contributed by atoms with Gasteiger partial charge in [-0.15, -0.1) is 12.4 Å². The molecule has 94 valence electrons. The second kappa shape index (κ2) is 7.14. The van der Waals surface area contributed by atoms with Crippen molar-refractivity contribution in [2.24, 2.45) is 5.92 Å². The van der Waals surface area contributed by atoms with Gasteiger partial charge in [0, 0.05) is 25.6 Å². The van der Waals surface area contributed by atoms with Crippen LogP contribution in [0.3, 0.4) is 0 Å². The van der Waals surface area contributed by atoms with Crippen molar-refractivity contribution in [1.29, 1.82) is 0 Å². The summed E-state index contributed by atoms with van der Waals surface area (Å²) in [7, 11) is 0. The summed E-state index contributed by atoms with van der Waals surface area (Å²) in [5, 5.41) is 6.01. The smallest absolute Gasteiger partial charge is 0.257 e. The Morgan fingerprint density at radius 3 is 2.65 bits per heavy atom. The van der Waals surface area contributed by atoms with Crippen molar-refractivity contribution >= 4 is 18.3 Å². The highest BCUT2D eigenvalue weighted by Gasteiger charge is 2.16. The maximum atomic E-state index is 11.4. The van der Waals surface area contributed by atoms with Gasteiger partial charge in [-0.1, -0.05) is 18.2 Å². The molecule has 0 aromatic heterocycles. The molecule has 1 amide bonds. The van der Waals surface area contributed by atoms with Gasteiger partial charge in [0.1, 0.15) is 5.75 Å². The van der Waals surface area contributed by atoms with Crippen LogP contribution in [0.1, 0.15) is 0 Å². The molecule has 1 fully saturated rings. The van der Waals surface area contributed by atoms with Crippen molar-refractivity contribution in [3.8, 4) is 5.75 Å². The number of hydrogen-bond acceptors (Lipinski definition) is 3. The molecule has 0 saturated carbocycles. The van der Waals surface area contributed by atoms with E-state index in [1.54, 1.807) is 0 Å². The van der Waals surface area contributed by atoms with E-state index in [9.17, 15) is 4.79 Å². The van der Waals surface area contributed by atoms with Gasteiger partial charge < -0.3 is 15.4 Å². The van der Waals surface area contributed by atoms with E-state index in [1.807, 2.05) is 30.3 Å². The topological polar surface area (TPSA) is 50.4 Å². The molecule has 0 atom stereocenters. The molecule has 2 rings (SSSR count). The number of halogens is 1. The number of ether oxygens (including phenoxy) is 1. The molecule has 4 nitrogen and oxygen atoms in total. The molecule has 5 heteroatoms. The van der Waals surface area contributed by atoms with Gasteiger partial charge in [-0.2, -0.15) is 0 Å². The summed E-state index contributed by atoms with van der Waals surface area (Å²) in [5.41, 5.74) is 0. The van der Waals surface area contributed by atoms with Crippen LogP contribution < -0.4 is 15.4 Å². The fourth-order valence-corrected chi connectivity index (χ4v) is 1.47. The third kappa shape index (κ3) is 4.63. The second-order valence-corrected chi connectivity index (χ2v) is 3.93. The van der Waals surface area contributed by atoms with Gasteiger partial charge in [0.15, 0.2) is 6.61 Å². The van der Waals surface area contributed by atoms with Crippen LogP contribution in [0.25, 0.3) is 0 Å². The van der Waals surface area contributed by atoms with Crippen LogP contribution in [0.15, 0.2) is 30.3 Å². The van der Waals surface area contributed by atoms with E-state index in [4.69, 9.17) is 4.74 Å². The Morgan fingerprint density at radius 2 is 2.06 bits per heavy atom. The normalized spacial score (nSPS) is 14.4. The van der Waals surface area contributed by atoms with Crippen LogP contribution >= 0.6 is 12.4 Å². The van der Waals surface area contributed by atoms with E-state index in [0.29, 0.717) is 5.92 Å². The molecule has 1 aromatic rings. The molecular formula is C12H17ClN2O2. The van der Waals surface area contributed by atoms with Gasteiger partial charge in [-0.3, -0.25) is 4.79 Å². The van der Waals surface area contributed by atoms with Crippen LogP contribution in [0.4, 0.5) is 0 Å². The highest BCUT2D eigenvalue weighted by Crippen LogP contribution is 2.07. The van der Waals surface area contributed by atoms with Crippen LogP contribution in [0, 0.1) is 5.92 Å². The zero-order valence-corrected chi connectivity index (χ0v) is 10.3. The minimum absolute atomic E-state index is 0. The fraction of sp³-hybridized carbons (Fsp3) is 0.417. The first-order valence-corrected chi connectivity index (χ1v) is 5.50. The Morgan fingerprint density at radius 1 is 1.35 bits per heavy atom. The summed E-state index contributed by atoms with van der Waals surface area (Å²) in [5.74, 6) is 1.25. The van der Waals surface area contributed by atoms with Crippen LogP contribution in [0.2, 0.25) is 0 Å². The fourth-order valence-electron chi connectivity index (χ4n) is 1.47. The van der Waals surface area contributed by atoms with Gasteiger partial charge in [0.05, 0.1) is 0 Å². The van der Waals surface area contributed by atoms with Crippen molar-refractivity contribution in [1.82, 2.24) is 10.6 Å². The summed E-state index contributed by atoms with van der Waals surface area (Å²) in [4.78, 5) is 11.4. The summed E-state index contributed by atoms with van der Waals surface area (Å²) in [6.45, 7) is 2.83. The predicted octanol–water partition coefficient (Wildman–Crippen LogP) is 0.823. The quantitative estimate of drug-likeness (QED) is 0.820. The van der Waals surface area contributed by atoms with Gasteiger partial charge >= 0.3 is 0 Å². The zero-order valence-electron chi connectivity index (χ0n) is 9.52. The standard InChI is InChI=1S/C12H16N2O2.ClH/c15-12(14-8-10-6-13-7-10)9-16-11-4-2-1-3-5-11;/h1-5,10,13H,6-9H2,(H,14,15);1H. The molecule has 0 spiro atoms. The van der Waals surface area contributed by atoms with Crippen molar-refractivity contribution in [2.45, 2.75) is 0 Å². The minimum Gasteiger partial charge on any atom is -0.484 e. The van der Waals surface area contributed by atoms with E-state index in [1.165, 1.54) is 0 Å². The number of benzene rings is 1. The molecule has 0 aliphatic carbocycles. The molecule has 1 heterocycles. The lowest BCUT2D eigenvalue weighted by molar-refractivity contribution is -0.123. The van der Waals surface area contributed by atoms with Crippen LogP contribution in [0.5, 0.6) is 5.75 Å². The maximum Gasteiger partial charge on any atom is 0.257 e. The van der Waals surface area contributed by atoms with E-state index in [-0.39, 0.29) is 24.9 Å². The first kappa shape index (κ1) is 13.8. The Labute approximate surface area is 107 Å². The lowest BCUT2D eigenvalue weighted by atomic mass is 10.0. The lowest BCUT2D eigenvalue weighted by Gasteiger charge is -2.27. The van der Waals surface area contributed by atoms with E-state index in [0.717, 1.165) is 25.4 Å². The molecule has 1 aliphatic heterocycles. The van der Waals surface area contributed by atoms with Gasteiger partial charge in [0.25, 0.3) is 5.91 Å². The summed E-state index contributed by atoms with van der Waals surface area (Å²) in [6.07, 6.45) is 0. The number of carbonyl (C=O) groups is 1. The molecule has 1 aromatic carbocycles. The van der Waals surface area contributed by atoms with E-state index >= 15 is 0 Å². The summed E-state index contributed by atoms with van der Waals surface area (Å²) < 4.78 is 5.32. The highest BCUT2D eigenvalue weighted by molar-refractivity contribution is 5.85. The van der Waals surface area contributed by atoms with Gasteiger partial charge in [-0.25, -0.2) is 0 Å². The van der Waals surface area contributed by atoms with Gasteiger partial charge in [-0.05, 0) is 12.1 Å². The summed E-state index contributed by atoms with van der Waals surface area (Å²) >= 11 is 0. The van der Waals surface area contributed by atoms with Crippen molar-refractivity contribution in [3.63, 3.8) is 0 Å². The Balaban J connectivity index is 0.00000144. The number of carbonyl (C=O) groups excluding carboxylic acids is 1. The first-order valence-electron chi connectivity index (χ1n) is 5.50. The first-order chi connectivity index (χ1) is 7.84. The second-order valence-electron chi connectivity index (χ2n) is 3.93. The van der Waals surface area contributed by atoms with Crippen molar-refractivity contribution in [2.75, 3.05) is 26.2 Å². The van der Waals surface area contributed by atoms with Crippen molar-refractivity contribution in [3.05, 3.63) is 30.3 Å². The Kier molecular flexibility index (Phi) is 5.80. The van der Waals surface area contributed by atoms with Gasteiger partial charge in [0.2, 0.25) is 0 Å². The predicted molar refractivity (Wildman–Crippen MR) is 68.6 cm³/mol. The number of amides is 1. The molecular weight excluding hydrogens is 240 g/mol. The average molecular weight is 257 g/mol. The van der Waals surface area contributed by atoms with Crippen molar-refractivity contribution < 1.29 is 9.53 Å². The third-order valence-electron chi connectivity index (χ3n) is 2.57. The largest absolute Gasteiger partial charge is 0.484 e. The highest BCUT2D eigenvalue weighted by atomic mass is 35.5. The average Bonchev–Trinajstić information content (AvgIpc) is 2.26. The molecule has 0 unspecified atom stereocenters. The molecule has 0 radical (unpaired) electrons. The number of rotatable bonds is 5.